The number of hydrogen-bond donors (Lipinski definition) is 2. The predicted molar refractivity (Wildman–Crippen MR) is 87.8 cm³/mol. The van der Waals surface area contributed by atoms with Crippen molar-refractivity contribution in [2.24, 2.45) is 5.92 Å². The molecule has 3 aliphatic heterocycles. The van der Waals surface area contributed by atoms with Crippen molar-refractivity contribution in [1.29, 1.82) is 0 Å². The Hall–Kier alpha value is -1.65. The largest absolute Gasteiger partial charge is 0.384 e. The Bertz CT molecular complexity index is 605. The molecule has 1 unspecified atom stereocenters. The SMILES string of the molecule is Clc1ccc(C2=C3CNC=CN3C(C3CCOCC3)N2)cc1. The molecule has 0 bridgehead atoms. The zero-order valence-electron chi connectivity index (χ0n) is 12.4. The monoisotopic (exact) mass is 317 g/mol. The summed E-state index contributed by atoms with van der Waals surface area (Å²) >= 11 is 6.02. The van der Waals surface area contributed by atoms with Gasteiger partial charge in [0, 0.05) is 36.6 Å². The smallest absolute Gasteiger partial charge is 0.106 e. The fourth-order valence-electron chi connectivity index (χ4n) is 3.49. The maximum atomic E-state index is 6.02. The maximum absolute atomic E-state index is 6.02. The van der Waals surface area contributed by atoms with E-state index >= 15 is 0 Å². The van der Waals surface area contributed by atoms with Crippen molar-refractivity contribution in [1.82, 2.24) is 15.5 Å². The van der Waals surface area contributed by atoms with Gasteiger partial charge in [-0.25, -0.2) is 0 Å². The molecule has 1 fully saturated rings. The van der Waals surface area contributed by atoms with Crippen LogP contribution in [0.3, 0.4) is 0 Å². The van der Waals surface area contributed by atoms with Crippen LogP contribution >= 0.6 is 11.6 Å². The number of nitrogens with one attached hydrogen (secondary N) is 2. The van der Waals surface area contributed by atoms with Crippen LogP contribution in [0.5, 0.6) is 0 Å². The van der Waals surface area contributed by atoms with Gasteiger partial charge in [0.1, 0.15) is 6.17 Å². The third-order valence-electron chi connectivity index (χ3n) is 4.66. The first-order valence-electron chi connectivity index (χ1n) is 7.85. The summed E-state index contributed by atoms with van der Waals surface area (Å²) in [5, 5.41) is 7.84. The molecule has 2 N–H and O–H groups in total. The van der Waals surface area contributed by atoms with Crippen LogP contribution in [-0.4, -0.2) is 30.8 Å². The molecular weight excluding hydrogens is 298 g/mol. The van der Waals surface area contributed by atoms with Gasteiger partial charge in [0.05, 0.1) is 17.9 Å². The zero-order chi connectivity index (χ0) is 14.9. The molecule has 4 nitrogen and oxygen atoms in total. The number of hydrogen-bond acceptors (Lipinski definition) is 4. The molecule has 5 heteroatoms. The molecule has 0 amide bonds. The highest BCUT2D eigenvalue weighted by atomic mass is 35.5. The lowest BCUT2D eigenvalue weighted by molar-refractivity contribution is 0.0402. The van der Waals surface area contributed by atoms with E-state index in [4.69, 9.17) is 16.3 Å². The Morgan fingerprint density at radius 3 is 2.68 bits per heavy atom. The van der Waals surface area contributed by atoms with E-state index in [2.05, 4.69) is 33.9 Å². The van der Waals surface area contributed by atoms with Crippen molar-refractivity contribution in [2.75, 3.05) is 19.8 Å². The average molecular weight is 318 g/mol. The lowest BCUT2D eigenvalue weighted by Crippen LogP contribution is -2.44. The fraction of sp³-hybridized carbons (Fsp3) is 0.412. The summed E-state index contributed by atoms with van der Waals surface area (Å²) in [6, 6.07) is 8.07. The maximum Gasteiger partial charge on any atom is 0.106 e. The topological polar surface area (TPSA) is 36.5 Å². The second-order valence-electron chi connectivity index (χ2n) is 5.97. The fourth-order valence-corrected chi connectivity index (χ4v) is 3.62. The van der Waals surface area contributed by atoms with Crippen LogP contribution in [0.15, 0.2) is 42.4 Å². The summed E-state index contributed by atoms with van der Waals surface area (Å²) in [7, 11) is 0. The summed E-state index contributed by atoms with van der Waals surface area (Å²) in [6.45, 7) is 2.58. The van der Waals surface area contributed by atoms with Crippen molar-refractivity contribution in [3.8, 4) is 0 Å². The number of benzene rings is 1. The van der Waals surface area contributed by atoms with E-state index < -0.39 is 0 Å². The van der Waals surface area contributed by atoms with Crippen LogP contribution in [0.25, 0.3) is 5.70 Å². The molecule has 0 aliphatic carbocycles. The van der Waals surface area contributed by atoms with E-state index in [1.807, 2.05) is 18.3 Å². The zero-order valence-corrected chi connectivity index (χ0v) is 13.1. The summed E-state index contributed by atoms with van der Waals surface area (Å²) in [6.07, 6.45) is 6.72. The Labute approximate surface area is 135 Å². The van der Waals surface area contributed by atoms with E-state index in [1.165, 1.54) is 17.0 Å². The van der Waals surface area contributed by atoms with Gasteiger partial charge in [-0.1, -0.05) is 23.7 Å². The van der Waals surface area contributed by atoms with Gasteiger partial charge in [0.15, 0.2) is 0 Å². The van der Waals surface area contributed by atoms with Crippen LogP contribution in [0.1, 0.15) is 18.4 Å². The molecule has 22 heavy (non-hydrogen) atoms. The molecule has 3 heterocycles. The van der Waals surface area contributed by atoms with Crippen molar-refractivity contribution in [3.63, 3.8) is 0 Å². The average Bonchev–Trinajstić information content (AvgIpc) is 2.96. The van der Waals surface area contributed by atoms with Gasteiger partial charge in [-0.3, -0.25) is 0 Å². The van der Waals surface area contributed by atoms with Gasteiger partial charge in [-0.15, -0.1) is 0 Å². The summed E-state index contributed by atoms with van der Waals surface area (Å²) in [5.74, 6) is 0.608. The molecule has 1 aromatic carbocycles. The first kappa shape index (κ1) is 14.0. The Morgan fingerprint density at radius 2 is 1.91 bits per heavy atom. The van der Waals surface area contributed by atoms with Gasteiger partial charge >= 0.3 is 0 Å². The van der Waals surface area contributed by atoms with E-state index in [0.29, 0.717) is 12.1 Å². The highest BCUT2D eigenvalue weighted by molar-refractivity contribution is 6.30. The second kappa shape index (κ2) is 5.86. The summed E-state index contributed by atoms with van der Waals surface area (Å²) in [5.41, 5.74) is 3.71. The lowest BCUT2D eigenvalue weighted by Gasteiger charge is -2.35. The molecule has 3 aliphatic rings. The quantitative estimate of drug-likeness (QED) is 0.879. The molecule has 116 valence electrons. The Kier molecular flexibility index (Phi) is 3.72. The summed E-state index contributed by atoms with van der Waals surface area (Å²) in [4.78, 5) is 2.39. The first-order chi connectivity index (χ1) is 10.8. The predicted octanol–water partition coefficient (Wildman–Crippen LogP) is 2.74. The normalized spacial score (nSPS) is 25.0. The molecule has 1 saturated heterocycles. The number of ether oxygens (including phenoxy) is 1. The highest BCUT2D eigenvalue weighted by Crippen LogP contribution is 2.35. The van der Waals surface area contributed by atoms with Crippen molar-refractivity contribution in [3.05, 3.63) is 52.9 Å². The molecule has 0 aromatic heterocycles. The van der Waals surface area contributed by atoms with Gasteiger partial charge < -0.3 is 20.3 Å². The molecule has 0 spiro atoms. The van der Waals surface area contributed by atoms with Crippen LogP contribution in [0, 0.1) is 5.92 Å². The van der Waals surface area contributed by atoms with Crippen molar-refractivity contribution >= 4 is 17.3 Å². The number of halogens is 1. The second-order valence-corrected chi connectivity index (χ2v) is 6.41. The van der Waals surface area contributed by atoms with E-state index in [9.17, 15) is 0 Å². The third kappa shape index (κ3) is 2.46. The van der Waals surface area contributed by atoms with Crippen molar-refractivity contribution < 1.29 is 4.74 Å². The van der Waals surface area contributed by atoms with Gasteiger partial charge in [0.25, 0.3) is 0 Å². The molecule has 0 saturated carbocycles. The molecule has 4 rings (SSSR count). The third-order valence-corrected chi connectivity index (χ3v) is 4.91. The Balaban J connectivity index is 1.66. The first-order valence-corrected chi connectivity index (χ1v) is 8.22. The number of fused-ring (bicyclic) bond motifs is 1. The highest BCUT2D eigenvalue weighted by Gasteiger charge is 2.37. The summed E-state index contributed by atoms with van der Waals surface area (Å²) < 4.78 is 5.52. The number of rotatable bonds is 2. The molecule has 1 aromatic rings. The van der Waals surface area contributed by atoms with Crippen LogP contribution in [-0.2, 0) is 4.74 Å². The number of nitrogens with zero attached hydrogens (tertiary/aromatic N) is 1. The minimum Gasteiger partial charge on any atom is -0.384 e. The van der Waals surface area contributed by atoms with Crippen LogP contribution in [0.2, 0.25) is 5.02 Å². The van der Waals surface area contributed by atoms with Gasteiger partial charge in [-0.2, -0.15) is 0 Å². The molecular formula is C17H20ClN3O. The van der Waals surface area contributed by atoms with Crippen LogP contribution in [0.4, 0.5) is 0 Å². The van der Waals surface area contributed by atoms with Gasteiger partial charge in [0.2, 0.25) is 0 Å². The minimum absolute atomic E-state index is 0.322. The van der Waals surface area contributed by atoms with E-state index in [0.717, 1.165) is 37.6 Å². The van der Waals surface area contributed by atoms with E-state index in [-0.39, 0.29) is 0 Å². The van der Waals surface area contributed by atoms with Gasteiger partial charge in [-0.05, 0) is 30.5 Å². The standard InChI is InChI=1S/C17H20ClN3O/c18-14-3-1-12(2-4-14)16-15-11-19-7-8-21(15)17(20-16)13-5-9-22-10-6-13/h1-4,7-8,13,17,19-20H,5-6,9-11H2. The van der Waals surface area contributed by atoms with Crippen molar-refractivity contribution in [2.45, 2.75) is 19.0 Å². The Morgan fingerprint density at radius 1 is 1.14 bits per heavy atom. The minimum atomic E-state index is 0.322. The molecule has 1 atom stereocenters. The van der Waals surface area contributed by atoms with Crippen LogP contribution < -0.4 is 10.6 Å². The molecule has 0 radical (unpaired) electrons. The van der Waals surface area contributed by atoms with E-state index in [1.54, 1.807) is 0 Å². The lowest BCUT2D eigenvalue weighted by atomic mass is 9.96.